The molecule has 1 N–H and O–H groups in total. The molecule has 4 saturated carbocycles. The Balaban J connectivity index is 1.63. The molecule has 1 unspecified atom stereocenters. The van der Waals surface area contributed by atoms with Crippen molar-refractivity contribution in [1.29, 1.82) is 0 Å². The molecule has 1 aromatic rings. The molecular formula is C17H23O3P. The highest BCUT2D eigenvalue weighted by atomic mass is 31.2. The van der Waals surface area contributed by atoms with Gasteiger partial charge in [0.15, 0.2) is 0 Å². The summed E-state index contributed by atoms with van der Waals surface area (Å²) in [5.41, 5.74) is -0.233. The molecule has 4 aliphatic carbocycles. The Bertz CT molecular complexity index is 533. The molecule has 0 aliphatic heterocycles. The standard InChI is InChI=1S/C17H23O3P/c18-12-21(19,16-4-2-1-3-5-16)20-17-9-13-6-14(10-17)8-15(7-13)11-17/h1-5,13-15,18H,6-12H2. The normalized spacial score (nSPS) is 40.1. The van der Waals surface area contributed by atoms with Gasteiger partial charge in [-0.05, 0) is 68.4 Å². The minimum absolute atomic E-state index is 0.233. The van der Waals surface area contributed by atoms with Crippen molar-refractivity contribution >= 4 is 12.7 Å². The summed E-state index contributed by atoms with van der Waals surface area (Å²) in [7, 11) is -3.15. The van der Waals surface area contributed by atoms with Crippen molar-refractivity contribution < 1.29 is 14.2 Å². The van der Waals surface area contributed by atoms with Crippen LogP contribution in [0.1, 0.15) is 38.5 Å². The highest BCUT2D eigenvalue weighted by Crippen LogP contribution is 2.62. The first-order valence-electron chi connectivity index (χ1n) is 8.07. The van der Waals surface area contributed by atoms with Crippen LogP contribution in [-0.2, 0) is 9.09 Å². The summed E-state index contributed by atoms with van der Waals surface area (Å²) in [6.45, 7) is 0. The van der Waals surface area contributed by atoms with Crippen LogP contribution in [0.25, 0.3) is 0 Å². The van der Waals surface area contributed by atoms with Gasteiger partial charge in [-0.15, -0.1) is 0 Å². The molecule has 5 rings (SSSR count). The highest BCUT2D eigenvalue weighted by molar-refractivity contribution is 7.66. The molecule has 4 heteroatoms. The lowest BCUT2D eigenvalue weighted by Gasteiger charge is -2.56. The zero-order valence-corrected chi connectivity index (χ0v) is 13.2. The molecule has 21 heavy (non-hydrogen) atoms. The van der Waals surface area contributed by atoms with Crippen LogP contribution in [0.3, 0.4) is 0 Å². The van der Waals surface area contributed by atoms with E-state index in [0.717, 1.165) is 37.0 Å². The van der Waals surface area contributed by atoms with Crippen molar-refractivity contribution in [3.8, 4) is 0 Å². The average molecular weight is 306 g/mol. The highest BCUT2D eigenvalue weighted by Gasteiger charge is 2.54. The quantitative estimate of drug-likeness (QED) is 0.866. The first kappa shape index (κ1) is 14.0. The van der Waals surface area contributed by atoms with Gasteiger partial charge in [0.2, 0.25) is 0 Å². The second kappa shape index (κ2) is 4.94. The number of hydrogen-bond acceptors (Lipinski definition) is 3. The molecule has 3 nitrogen and oxygen atoms in total. The summed E-state index contributed by atoms with van der Waals surface area (Å²) >= 11 is 0. The molecule has 114 valence electrons. The predicted octanol–water partition coefficient (Wildman–Crippen LogP) is 3.53. The van der Waals surface area contributed by atoms with Gasteiger partial charge in [-0.2, -0.15) is 0 Å². The van der Waals surface area contributed by atoms with Crippen LogP contribution in [-0.4, -0.2) is 17.1 Å². The van der Waals surface area contributed by atoms with Gasteiger partial charge in [0.1, 0.15) is 6.35 Å². The summed E-state index contributed by atoms with van der Waals surface area (Å²) in [6, 6.07) is 9.26. The van der Waals surface area contributed by atoms with E-state index in [0.29, 0.717) is 5.30 Å². The van der Waals surface area contributed by atoms with Gasteiger partial charge in [-0.1, -0.05) is 18.2 Å². The molecule has 0 radical (unpaired) electrons. The molecule has 0 amide bonds. The van der Waals surface area contributed by atoms with E-state index < -0.39 is 13.7 Å². The maximum atomic E-state index is 13.2. The number of benzene rings is 1. The van der Waals surface area contributed by atoms with Crippen LogP contribution < -0.4 is 5.30 Å². The van der Waals surface area contributed by atoms with Crippen LogP contribution in [0.15, 0.2) is 30.3 Å². The van der Waals surface area contributed by atoms with Gasteiger partial charge in [0, 0.05) is 5.30 Å². The van der Waals surface area contributed by atoms with Gasteiger partial charge in [-0.3, -0.25) is 4.57 Å². The smallest absolute Gasteiger partial charge is 0.257 e. The fourth-order valence-electron chi connectivity index (χ4n) is 5.27. The second-order valence-corrected chi connectivity index (χ2v) is 9.67. The maximum Gasteiger partial charge on any atom is 0.257 e. The number of aliphatic hydroxyl groups excluding tert-OH is 1. The van der Waals surface area contributed by atoms with Crippen molar-refractivity contribution in [1.82, 2.24) is 0 Å². The van der Waals surface area contributed by atoms with Gasteiger partial charge >= 0.3 is 0 Å². The third-order valence-corrected chi connectivity index (χ3v) is 7.80. The summed E-state index contributed by atoms with van der Waals surface area (Å²) in [4.78, 5) is 0. The predicted molar refractivity (Wildman–Crippen MR) is 82.8 cm³/mol. The molecule has 0 saturated heterocycles. The number of aliphatic hydroxyl groups is 1. The molecule has 4 bridgehead atoms. The number of hydrogen-bond donors (Lipinski definition) is 1. The second-order valence-electron chi connectivity index (χ2n) is 7.34. The van der Waals surface area contributed by atoms with Crippen LogP contribution in [0.2, 0.25) is 0 Å². The van der Waals surface area contributed by atoms with E-state index in [1.165, 1.54) is 19.3 Å². The lowest BCUT2D eigenvalue weighted by Crippen LogP contribution is -2.51. The third kappa shape index (κ3) is 2.40. The Morgan fingerprint density at radius 3 is 2.05 bits per heavy atom. The van der Waals surface area contributed by atoms with Crippen LogP contribution in [0.4, 0.5) is 0 Å². The van der Waals surface area contributed by atoms with Crippen molar-refractivity contribution in [3.05, 3.63) is 30.3 Å². The molecule has 0 heterocycles. The van der Waals surface area contributed by atoms with Gasteiger partial charge in [0.25, 0.3) is 7.37 Å². The topological polar surface area (TPSA) is 46.5 Å². The van der Waals surface area contributed by atoms with Gasteiger partial charge < -0.3 is 9.63 Å². The van der Waals surface area contributed by atoms with Crippen molar-refractivity contribution in [2.75, 3.05) is 6.35 Å². The van der Waals surface area contributed by atoms with E-state index in [4.69, 9.17) is 4.52 Å². The first-order chi connectivity index (χ1) is 10.1. The zero-order chi connectivity index (χ0) is 14.5. The maximum absolute atomic E-state index is 13.2. The van der Waals surface area contributed by atoms with Crippen LogP contribution >= 0.6 is 7.37 Å². The Hall–Kier alpha value is -0.630. The molecular weight excluding hydrogens is 283 g/mol. The number of rotatable bonds is 4. The van der Waals surface area contributed by atoms with Crippen molar-refractivity contribution in [3.63, 3.8) is 0 Å². The summed E-state index contributed by atoms with van der Waals surface area (Å²) in [6.07, 6.45) is 6.71. The van der Waals surface area contributed by atoms with Crippen molar-refractivity contribution in [2.45, 2.75) is 44.1 Å². The molecule has 1 aromatic carbocycles. The minimum atomic E-state index is -3.15. The SMILES string of the molecule is O=P(CO)(OC12CC3CC(CC(C3)C1)C2)c1ccccc1. The molecule has 4 aliphatic rings. The van der Waals surface area contributed by atoms with Crippen LogP contribution in [0, 0.1) is 17.8 Å². The summed E-state index contributed by atoms with van der Waals surface area (Å²) < 4.78 is 19.5. The van der Waals surface area contributed by atoms with E-state index in [1.54, 1.807) is 0 Å². The lowest BCUT2D eigenvalue weighted by molar-refractivity contribution is -0.106. The summed E-state index contributed by atoms with van der Waals surface area (Å²) in [5.74, 6) is 2.25. The largest absolute Gasteiger partial charge is 0.386 e. The van der Waals surface area contributed by atoms with E-state index in [9.17, 15) is 9.67 Å². The van der Waals surface area contributed by atoms with Crippen molar-refractivity contribution in [2.24, 2.45) is 17.8 Å². The third-order valence-electron chi connectivity index (χ3n) is 5.66. The fraction of sp³-hybridized carbons (Fsp3) is 0.647. The molecule has 1 atom stereocenters. The van der Waals surface area contributed by atoms with E-state index in [1.807, 2.05) is 30.3 Å². The average Bonchev–Trinajstić information content (AvgIpc) is 2.46. The molecule has 4 fully saturated rings. The first-order valence-corrected chi connectivity index (χ1v) is 9.88. The Labute approximate surface area is 126 Å². The van der Waals surface area contributed by atoms with Gasteiger partial charge in [-0.25, -0.2) is 0 Å². The molecule has 0 spiro atoms. The van der Waals surface area contributed by atoms with E-state index >= 15 is 0 Å². The lowest BCUT2D eigenvalue weighted by atomic mass is 9.54. The monoisotopic (exact) mass is 306 g/mol. The van der Waals surface area contributed by atoms with E-state index in [2.05, 4.69) is 0 Å². The van der Waals surface area contributed by atoms with Gasteiger partial charge in [0.05, 0.1) is 5.60 Å². The summed E-state index contributed by atoms with van der Waals surface area (Å²) in [5, 5.41) is 10.4. The molecule has 0 aromatic heterocycles. The van der Waals surface area contributed by atoms with Crippen LogP contribution in [0.5, 0.6) is 0 Å². The Morgan fingerprint density at radius 2 is 1.57 bits per heavy atom. The van der Waals surface area contributed by atoms with E-state index in [-0.39, 0.29) is 5.60 Å². The zero-order valence-electron chi connectivity index (χ0n) is 12.3. The Kier molecular flexibility index (Phi) is 3.29. The fourth-order valence-corrected chi connectivity index (χ4v) is 7.08. The minimum Gasteiger partial charge on any atom is -0.386 e. The Morgan fingerprint density at radius 1 is 1.05 bits per heavy atom.